The predicted molar refractivity (Wildman–Crippen MR) is 404 cm³/mol. The summed E-state index contributed by atoms with van der Waals surface area (Å²) in [5, 5.41) is 10.6. The van der Waals surface area contributed by atoms with E-state index < -0.39 is 97.5 Å². The third-order valence-electron chi connectivity index (χ3n) is 18.5. The monoisotopic (exact) mass is 1450 g/mol. The van der Waals surface area contributed by atoms with E-state index in [1.54, 1.807) is 0 Å². The van der Waals surface area contributed by atoms with E-state index in [-0.39, 0.29) is 25.7 Å². The zero-order chi connectivity index (χ0) is 72.7. The van der Waals surface area contributed by atoms with Gasteiger partial charge in [-0.15, -0.1) is 0 Å². The molecular weight excluding hydrogens is 1290 g/mol. The van der Waals surface area contributed by atoms with E-state index in [0.717, 1.165) is 128 Å². The number of phosphoric ester groups is 2. The first kappa shape index (κ1) is 96.5. The molecule has 0 aliphatic rings. The number of carbonyl (C=O) groups excluding carboxylic acids is 4. The Morgan fingerprint density at radius 1 is 0.323 bits per heavy atom. The number of allylic oxidation sites excluding steroid dienone is 4. The molecular formula is C80H152O17P2. The van der Waals surface area contributed by atoms with Crippen LogP contribution in [0, 0.1) is 5.92 Å². The summed E-state index contributed by atoms with van der Waals surface area (Å²) in [5.41, 5.74) is 0. The molecule has 0 rings (SSSR count). The smallest absolute Gasteiger partial charge is 0.462 e. The zero-order valence-corrected chi connectivity index (χ0v) is 65.9. The number of ether oxygens (including phenoxy) is 4. The van der Waals surface area contributed by atoms with Crippen LogP contribution in [0.3, 0.4) is 0 Å². The number of phosphoric acid groups is 2. The zero-order valence-electron chi connectivity index (χ0n) is 64.1. The lowest BCUT2D eigenvalue weighted by Gasteiger charge is -2.21. The highest BCUT2D eigenvalue weighted by molar-refractivity contribution is 7.47. The van der Waals surface area contributed by atoms with E-state index in [0.29, 0.717) is 25.7 Å². The number of aliphatic hydroxyl groups is 1. The van der Waals surface area contributed by atoms with Crippen molar-refractivity contribution in [3.63, 3.8) is 0 Å². The standard InChI is InChI=1S/C80H152O17P2/c1-6-10-13-16-19-21-23-25-31-36-40-44-49-54-59-64-78(83)91-70-76(97-80(85)66-61-56-51-46-42-38-34-30-28-27-29-33-35-39-43-48-52-57-62-73(5)9-4)72-95-99(88,89)93-68-74(81)67-92-98(86,87)94-71-75(69-90-77(82)63-58-53-47-18-15-12-8-3)96-79(84)65-60-55-50-45-41-37-32-26-24-22-20-17-14-11-7-2/h21,23,25,31,73-76,81H,6-20,22,24,26-30,32-72H2,1-5H3,(H,86,87)(H,88,89)/b23-21-,31-25-/t73?,74-,75+,76+/m0/s1. The number of carbonyl (C=O) groups is 4. The van der Waals surface area contributed by atoms with Crippen LogP contribution in [0.5, 0.6) is 0 Å². The maximum absolute atomic E-state index is 13.1. The van der Waals surface area contributed by atoms with Crippen molar-refractivity contribution in [1.82, 2.24) is 0 Å². The van der Waals surface area contributed by atoms with Gasteiger partial charge in [0, 0.05) is 25.7 Å². The van der Waals surface area contributed by atoms with Gasteiger partial charge in [0.2, 0.25) is 0 Å². The lowest BCUT2D eigenvalue weighted by Crippen LogP contribution is -2.30. The van der Waals surface area contributed by atoms with Gasteiger partial charge in [-0.2, -0.15) is 0 Å². The highest BCUT2D eigenvalue weighted by Crippen LogP contribution is 2.45. The fraction of sp³-hybridized carbons (Fsp3) is 0.900. The van der Waals surface area contributed by atoms with Crippen LogP contribution in [-0.2, 0) is 65.4 Å². The third-order valence-corrected chi connectivity index (χ3v) is 20.4. The SMILES string of the molecule is CCCCCC/C=C\C=C/CCCCCCCC(=O)OC[C@H](COP(=O)(O)OC[C@@H](O)COP(=O)(O)OC[C@@H](COC(=O)CCCCCCCCC)OC(=O)CCCCCCCCCCCCCCCCC)OC(=O)CCCCCCCCCCCCCCCCCCCCC(C)CC. The molecule has 0 saturated heterocycles. The van der Waals surface area contributed by atoms with Crippen molar-refractivity contribution in [1.29, 1.82) is 0 Å². The normalized spacial score (nSPS) is 14.3. The van der Waals surface area contributed by atoms with Gasteiger partial charge in [0.25, 0.3) is 0 Å². The number of esters is 4. The maximum Gasteiger partial charge on any atom is 0.472 e. The van der Waals surface area contributed by atoms with Crippen molar-refractivity contribution in [2.24, 2.45) is 5.92 Å². The number of aliphatic hydroxyl groups excluding tert-OH is 1. The summed E-state index contributed by atoms with van der Waals surface area (Å²) < 4.78 is 68.5. The van der Waals surface area contributed by atoms with Crippen LogP contribution in [0.1, 0.15) is 401 Å². The molecule has 19 heteroatoms. The van der Waals surface area contributed by atoms with Gasteiger partial charge in [-0.3, -0.25) is 37.3 Å². The van der Waals surface area contributed by atoms with E-state index in [9.17, 15) is 43.2 Å². The molecule has 0 aliphatic heterocycles. The second kappa shape index (κ2) is 72.5. The Bertz CT molecular complexity index is 1990. The molecule has 0 bridgehead atoms. The Labute approximate surface area is 605 Å². The van der Waals surface area contributed by atoms with Crippen LogP contribution < -0.4 is 0 Å². The number of unbranched alkanes of at least 4 members (excludes halogenated alkanes) is 46. The molecule has 0 saturated carbocycles. The van der Waals surface area contributed by atoms with Crippen molar-refractivity contribution in [2.75, 3.05) is 39.6 Å². The lowest BCUT2D eigenvalue weighted by molar-refractivity contribution is -0.161. The summed E-state index contributed by atoms with van der Waals surface area (Å²) in [6.07, 6.45) is 66.1. The fourth-order valence-electron chi connectivity index (χ4n) is 11.8. The minimum atomic E-state index is -4.97. The van der Waals surface area contributed by atoms with Crippen molar-refractivity contribution in [3.05, 3.63) is 24.3 Å². The van der Waals surface area contributed by atoms with Gasteiger partial charge in [0.1, 0.15) is 19.3 Å². The summed E-state index contributed by atoms with van der Waals surface area (Å²) in [6.45, 7) is 7.28. The molecule has 0 fully saturated rings. The average Bonchev–Trinajstić information content (AvgIpc) is 0.982. The topological polar surface area (TPSA) is 237 Å². The minimum Gasteiger partial charge on any atom is -0.462 e. The molecule has 3 N–H and O–H groups in total. The number of hydrogen-bond donors (Lipinski definition) is 3. The van der Waals surface area contributed by atoms with E-state index in [4.69, 9.17) is 37.0 Å². The molecule has 6 atom stereocenters. The second-order valence-corrected chi connectivity index (χ2v) is 31.3. The van der Waals surface area contributed by atoms with Gasteiger partial charge in [-0.05, 0) is 57.3 Å². The minimum absolute atomic E-state index is 0.102. The van der Waals surface area contributed by atoms with Crippen LogP contribution in [0.25, 0.3) is 0 Å². The molecule has 0 aliphatic carbocycles. The Kier molecular flexibility index (Phi) is 70.7. The molecule has 0 aromatic carbocycles. The summed E-state index contributed by atoms with van der Waals surface area (Å²) >= 11 is 0. The van der Waals surface area contributed by atoms with Crippen LogP contribution in [0.15, 0.2) is 24.3 Å². The largest absolute Gasteiger partial charge is 0.472 e. The van der Waals surface area contributed by atoms with Gasteiger partial charge < -0.3 is 33.8 Å². The van der Waals surface area contributed by atoms with Crippen molar-refractivity contribution in [2.45, 2.75) is 419 Å². The van der Waals surface area contributed by atoms with Crippen LogP contribution in [0.4, 0.5) is 0 Å². The van der Waals surface area contributed by atoms with Crippen LogP contribution in [0.2, 0.25) is 0 Å². The van der Waals surface area contributed by atoms with Crippen molar-refractivity contribution < 1.29 is 80.2 Å². The highest BCUT2D eigenvalue weighted by atomic mass is 31.2. The summed E-state index contributed by atoms with van der Waals surface area (Å²) in [5.74, 6) is -1.27. The highest BCUT2D eigenvalue weighted by Gasteiger charge is 2.30. The fourth-order valence-corrected chi connectivity index (χ4v) is 13.4. The first-order valence-corrected chi connectivity index (χ1v) is 44.0. The van der Waals surface area contributed by atoms with E-state index in [1.165, 1.54) is 193 Å². The Hall–Kier alpha value is -2.46. The molecule has 17 nitrogen and oxygen atoms in total. The van der Waals surface area contributed by atoms with Gasteiger partial charge in [0.15, 0.2) is 12.2 Å². The first-order chi connectivity index (χ1) is 48.1. The van der Waals surface area contributed by atoms with Gasteiger partial charge in [0.05, 0.1) is 26.4 Å². The molecule has 0 spiro atoms. The molecule has 0 aromatic rings. The molecule has 0 amide bonds. The second-order valence-electron chi connectivity index (χ2n) is 28.4. The lowest BCUT2D eigenvalue weighted by atomic mass is 9.99. The van der Waals surface area contributed by atoms with Crippen molar-refractivity contribution >= 4 is 39.5 Å². The quantitative estimate of drug-likeness (QED) is 0.0169. The Balaban J connectivity index is 5.19. The third kappa shape index (κ3) is 72.3. The number of hydrogen-bond acceptors (Lipinski definition) is 15. The number of rotatable bonds is 78. The van der Waals surface area contributed by atoms with E-state index >= 15 is 0 Å². The molecule has 3 unspecified atom stereocenters. The summed E-state index contributed by atoms with van der Waals surface area (Å²) in [4.78, 5) is 72.8. The molecule has 0 aromatic heterocycles. The van der Waals surface area contributed by atoms with Crippen LogP contribution >= 0.6 is 15.6 Å². The van der Waals surface area contributed by atoms with E-state index in [1.807, 2.05) is 0 Å². The Morgan fingerprint density at radius 3 is 0.859 bits per heavy atom. The van der Waals surface area contributed by atoms with Gasteiger partial charge >= 0.3 is 39.5 Å². The molecule has 99 heavy (non-hydrogen) atoms. The van der Waals surface area contributed by atoms with Crippen LogP contribution in [-0.4, -0.2) is 96.7 Å². The van der Waals surface area contributed by atoms with Gasteiger partial charge in [-0.1, -0.05) is 348 Å². The summed E-state index contributed by atoms with van der Waals surface area (Å²) in [6, 6.07) is 0. The molecule has 0 radical (unpaired) electrons. The van der Waals surface area contributed by atoms with Gasteiger partial charge in [-0.25, -0.2) is 9.13 Å². The Morgan fingerprint density at radius 2 is 0.566 bits per heavy atom. The summed E-state index contributed by atoms with van der Waals surface area (Å²) in [7, 11) is -9.92. The molecule has 0 heterocycles. The molecule has 584 valence electrons. The predicted octanol–water partition coefficient (Wildman–Crippen LogP) is 23.6. The average molecular weight is 1450 g/mol. The first-order valence-electron chi connectivity index (χ1n) is 41.0. The maximum atomic E-state index is 13.1. The van der Waals surface area contributed by atoms with Crippen molar-refractivity contribution in [3.8, 4) is 0 Å². The van der Waals surface area contributed by atoms with E-state index in [2.05, 4.69) is 58.9 Å².